The molecule has 1 aromatic heterocycles. The summed E-state index contributed by atoms with van der Waals surface area (Å²) in [5.74, 6) is 0.531. The number of aromatic nitrogens is 2. The molecule has 2 aromatic rings. The summed E-state index contributed by atoms with van der Waals surface area (Å²) >= 11 is 0. The normalized spacial score (nSPS) is 16.6. The van der Waals surface area contributed by atoms with Crippen LogP contribution in [0.3, 0.4) is 0 Å². The van der Waals surface area contributed by atoms with Crippen LogP contribution < -0.4 is 10.5 Å². The molecule has 0 unspecified atom stereocenters. The summed E-state index contributed by atoms with van der Waals surface area (Å²) in [6.07, 6.45) is 5.44. The van der Waals surface area contributed by atoms with Gasteiger partial charge in [-0.3, -0.25) is 9.69 Å². The van der Waals surface area contributed by atoms with E-state index in [1.54, 1.807) is 12.4 Å². The van der Waals surface area contributed by atoms with Crippen LogP contribution in [0.2, 0.25) is 0 Å². The molecule has 5 nitrogen and oxygen atoms in total. The largest absolute Gasteiger partial charge is 0.349 e. The molecule has 0 bridgehead atoms. The Morgan fingerprint density at radius 3 is 2.65 bits per heavy atom. The number of anilines is 1. The van der Waals surface area contributed by atoms with Crippen LogP contribution in [0.4, 0.5) is 5.82 Å². The maximum Gasteiger partial charge on any atom is 0.290 e. The number of piperazine rings is 1. The Kier molecular flexibility index (Phi) is 4.88. The first-order valence-corrected chi connectivity index (χ1v) is 7.95. The highest BCUT2D eigenvalue weighted by atomic mass is 16.1. The minimum Gasteiger partial charge on any atom is -0.349 e. The Hall–Kier alpha value is -2.40. The zero-order valence-electron chi connectivity index (χ0n) is 13.4. The number of H-pyrrole nitrogens is 1. The van der Waals surface area contributed by atoms with Crippen molar-refractivity contribution in [3.8, 4) is 0 Å². The molecule has 0 spiro atoms. The lowest BCUT2D eigenvalue weighted by atomic mass is 10.1. The fourth-order valence-corrected chi connectivity index (χ4v) is 2.92. The van der Waals surface area contributed by atoms with Gasteiger partial charge in [-0.2, -0.15) is 0 Å². The van der Waals surface area contributed by atoms with E-state index in [-0.39, 0.29) is 5.56 Å². The van der Waals surface area contributed by atoms with E-state index in [0.717, 1.165) is 32.7 Å². The molecule has 1 aliphatic rings. The molecule has 1 aliphatic heterocycles. The third-order valence-corrected chi connectivity index (χ3v) is 4.05. The Morgan fingerprint density at radius 1 is 1.22 bits per heavy atom. The standard InChI is InChI=1S/C18H22N4O/c1-15(13-16-5-3-2-4-6-16)14-21-9-11-22(12-10-21)17-18(23)20-8-7-19-17/h2-8,13H,9-12,14H2,1H3,(H,20,23)/b15-13+. The van der Waals surface area contributed by atoms with E-state index >= 15 is 0 Å². The van der Waals surface area contributed by atoms with Crippen LogP contribution in [-0.4, -0.2) is 47.6 Å². The molecule has 2 heterocycles. The molecule has 5 heteroatoms. The van der Waals surface area contributed by atoms with Gasteiger partial charge in [-0.1, -0.05) is 42.0 Å². The van der Waals surface area contributed by atoms with E-state index in [1.807, 2.05) is 6.07 Å². The number of aromatic amines is 1. The molecule has 0 atom stereocenters. The highest BCUT2D eigenvalue weighted by molar-refractivity contribution is 5.52. The highest BCUT2D eigenvalue weighted by Crippen LogP contribution is 2.11. The molecule has 0 amide bonds. The Balaban J connectivity index is 1.56. The lowest BCUT2D eigenvalue weighted by Gasteiger charge is -2.35. The van der Waals surface area contributed by atoms with Gasteiger partial charge in [0.25, 0.3) is 5.56 Å². The summed E-state index contributed by atoms with van der Waals surface area (Å²) in [7, 11) is 0. The zero-order chi connectivity index (χ0) is 16.1. The van der Waals surface area contributed by atoms with Crippen LogP contribution in [0.15, 0.2) is 53.1 Å². The van der Waals surface area contributed by atoms with Crippen LogP contribution in [0.25, 0.3) is 6.08 Å². The van der Waals surface area contributed by atoms with E-state index in [2.05, 4.69) is 57.0 Å². The van der Waals surface area contributed by atoms with Crippen LogP contribution in [0.5, 0.6) is 0 Å². The van der Waals surface area contributed by atoms with Crippen molar-refractivity contribution in [1.82, 2.24) is 14.9 Å². The molecule has 3 rings (SSSR count). The number of hydrogen-bond acceptors (Lipinski definition) is 4. The predicted octanol–water partition coefficient (Wildman–Crippen LogP) is 2.00. The first-order valence-electron chi connectivity index (χ1n) is 7.95. The average molecular weight is 310 g/mol. The van der Waals surface area contributed by atoms with Gasteiger partial charge in [0.15, 0.2) is 5.82 Å². The molecule has 1 fully saturated rings. The van der Waals surface area contributed by atoms with Gasteiger partial charge in [-0.15, -0.1) is 0 Å². The van der Waals surface area contributed by atoms with Crippen molar-refractivity contribution in [3.05, 3.63) is 64.2 Å². The third kappa shape index (κ3) is 4.07. The van der Waals surface area contributed by atoms with Gasteiger partial charge in [-0.25, -0.2) is 4.98 Å². The first-order chi connectivity index (χ1) is 11.2. The zero-order valence-corrected chi connectivity index (χ0v) is 13.4. The number of nitrogens with zero attached hydrogens (tertiary/aromatic N) is 3. The molecule has 0 radical (unpaired) electrons. The second kappa shape index (κ2) is 7.24. The minimum atomic E-state index is -0.110. The molecular formula is C18H22N4O. The third-order valence-electron chi connectivity index (χ3n) is 4.05. The maximum absolute atomic E-state index is 11.8. The van der Waals surface area contributed by atoms with Crippen molar-refractivity contribution >= 4 is 11.9 Å². The summed E-state index contributed by atoms with van der Waals surface area (Å²) in [5.41, 5.74) is 2.48. The minimum absolute atomic E-state index is 0.110. The number of rotatable bonds is 4. The monoisotopic (exact) mass is 310 g/mol. The van der Waals surface area contributed by atoms with Gasteiger partial charge in [0.1, 0.15) is 0 Å². The summed E-state index contributed by atoms with van der Waals surface area (Å²) in [4.78, 5) is 23.2. The molecular weight excluding hydrogens is 288 g/mol. The first kappa shape index (κ1) is 15.5. The van der Waals surface area contributed by atoms with E-state index < -0.39 is 0 Å². The Bertz CT molecular complexity index is 715. The molecule has 1 N–H and O–H groups in total. The molecule has 0 saturated carbocycles. The summed E-state index contributed by atoms with van der Waals surface area (Å²) in [6.45, 7) is 6.67. The van der Waals surface area contributed by atoms with Crippen molar-refractivity contribution < 1.29 is 0 Å². The van der Waals surface area contributed by atoms with E-state index in [0.29, 0.717) is 5.82 Å². The predicted molar refractivity (Wildman–Crippen MR) is 93.6 cm³/mol. The topological polar surface area (TPSA) is 52.2 Å². The van der Waals surface area contributed by atoms with Gasteiger partial charge >= 0.3 is 0 Å². The van der Waals surface area contributed by atoms with Crippen molar-refractivity contribution in [2.45, 2.75) is 6.92 Å². The SMILES string of the molecule is C/C(=C\c1ccccc1)CN1CCN(c2ncc[nH]c2=O)CC1. The smallest absolute Gasteiger partial charge is 0.290 e. The molecule has 1 aromatic carbocycles. The van der Waals surface area contributed by atoms with Crippen LogP contribution in [0.1, 0.15) is 12.5 Å². The molecule has 1 saturated heterocycles. The number of nitrogens with one attached hydrogen (secondary N) is 1. The van der Waals surface area contributed by atoms with E-state index in [1.165, 1.54) is 11.1 Å². The van der Waals surface area contributed by atoms with Crippen molar-refractivity contribution in [3.63, 3.8) is 0 Å². The fraction of sp³-hybridized carbons (Fsp3) is 0.333. The molecule has 23 heavy (non-hydrogen) atoms. The molecule has 0 aliphatic carbocycles. The van der Waals surface area contributed by atoms with Gasteiger partial charge in [0, 0.05) is 45.1 Å². The van der Waals surface area contributed by atoms with Crippen molar-refractivity contribution in [1.29, 1.82) is 0 Å². The lowest BCUT2D eigenvalue weighted by Crippen LogP contribution is -2.48. The van der Waals surface area contributed by atoms with E-state index in [9.17, 15) is 4.79 Å². The average Bonchev–Trinajstić information content (AvgIpc) is 2.57. The van der Waals surface area contributed by atoms with E-state index in [4.69, 9.17) is 0 Å². The summed E-state index contributed by atoms with van der Waals surface area (Å²) in [6, 6.07) is 10.4. The number of benzene rings is 1. The quantitative estimate of drug-likeness (QED) is 0.938. The Morgan fingerprint density at radius 2 is 1.96 bits per heavy atom. The van der Waals surface area contributed by atoms with Crippen molar-refractivity contribution in [2.75, 3.05) is 37.6 Å². The van der Waals surface area contributed by atoms with Crippen LogP contribution >= 0.6 is 0 Å². The van der Waals surface area contributed by atoms with Gasteiger partial charge < -0.3 is 9.88 Å². The van der Waals surface area contributed by atoms with Gasteiger partial charge in [-0.05, 0) is 12.5 Å². The highest BCUT2D eigenvalue weighted by Gasteiger charge is 2.19. The molecule has 120 valence electrons. The maximum atomic E-state index is 11.8. The number of hydrogen-bond donors (Lipinski definition) is 1. The second-order valence-electron chi connectivity index (χ2n) is 5.91. The summed E-state index contributed by atoms with van der Waals surface area (Å²) in [5, 5.41) is 0. The fourth-order valence-electron chi connectivity index (χ4n) is 2.92. The van der Waals surface area contributed by atoms with Crippen LogP contribution in [0, 0.1) is 0 Å². The van der Waals surface area contributed by atoms with Crippen LogP contribution in [-0.2, 0) is 0 Å². The van der Waals surface area contributed by atoms with Crippen molar-refractivity contribution in [2.24, 2.45) is 0 Å². The Labute approximate surface area is 136 Å². The second-order valence-corrected chi connectivity index (χ2v) is 5.91. The van der Waals surface area contributed by atoms with Gasteiger partial charge in [0.05, 0.1) is 0 Å². The lowest BCUT2D eigenvalue weighted by molar-refractivity contribution is 0.278. The summed E-state index contributed by atoms with van der Waals surface area (Å²) < 4.78 is 0. The van der Waals surface area contributed by atoms with Gasteiger partial charge in [0.2, 0.25) is 0 Å².